The number of methoxy groups -OCH3 is 1. The van der Waals surface area contributed by atoms with Crippen LogP contribution in [0.15, 0.2) is 53.3 Å². The molecule has 0 aliphatic carbocycles. The van der Waals surface area contributed by atoms with Crippen LogP contribution in [0.5, 0.6) is 5.75 Å². The molecule has 1 fully saturated rings. The molecule has 2 atom stereocenters. The Bertz CT molecular complexity index is 840. The van der Waals surface area contributed by atoms with Gasteiger partial charge in [-0.2, -0.15) is 0 Å². The molecule has 2 aliphatic rings. The highest BCUT2D eigenvalue weighted by molar-refractivity contribution is 5.57. The SMILES string of the molecule is COc1ccccc1C=CCN1CC2CC(C1)c1cccc(=O)n1C2. The van der Waals surface area contributed by atoms with Gasteiger partial charge in [0.05, 0.1) is 7.11 Å². The first kappa shape index (κ1) is 16.2. The highest BCUT2D eigenvalue weighted by Crippen LogP contribution is 2.34. The van der Waals surface area contributed by atoms with Gasteiger partial charge >= 0.3 is 0 Å². The molecule has 130 valence electrons. The van der Waals surface area contributed by atoms with E-state index in [-0.39, 0.29) is 5.56 Å². The van der Waals surface area contributed by atoms with Crippen LogP contribution in [0, 0.1) is 5.92 Å². The summed E-state index contributed by atoms with van der Waals surface area (Å²) in [6.07, 6.45) is 5.56. The number of ether oxygens (including phenoxy) is 1. The molecule has 4 nitrogen and oxygen atoms in total. The van der Waals surface area contributed by atoms with Crippen LogP contribution in [-0.4, -0.2) is 36.2 Å². The number of piperidine rings is 1. The number of benzene rings is 1. The van der Waals surface area contributed by atoms with Gasteiger partial charge in [0.2, 0.25) is 0 Å². The number of aromatic nitrogens is 1. The fraction of sp³-hybridized carbons (Fsp3) is 0.381. The van der Waals surface area contributed by atoms with Crippen LogP contribution >= 0.6 is 0 Å². The lowest BCUT2D eigenvalue weighted by atomic mass is 9.83. The Kier molecular flexibility index (Phi) is 4.45. The minimum Gasteiger partial charge on any atom is -0.496 e. The van der Waals surface area contributed by atoms with E-state index in [1.54, 1.807) is 13.2 Å². The van der Waals surface area contributed by atoms with Crippen molar-refractivity contribution in [3.63, 3.8) is 0 Å². The Labute approximate surface area is 148 Å². The molecule has 0 N–H and O–H groups in total. The molecule has 1 saturated heterocycles. The molecular formula is C21H24N2O2. The van der Waals surface area contributed by atoms with Crippen molar-refractivity contribution >= 4 is 6.08 Å². The number of hydrogen-bond donors (Lipinski definition) is 0. The summed E-state index contributed by atoms with van der Waals surface area (Å²) in [5.41, 5.74) is 2.47. The zero-order valence-corrected chi connectivity index (χ0v) is 14.6. The van der Waals surface area contributed by atoms with E-state index in [4.69, 9.17) is 4.74 Å². The van der Waals surface area contributed by atoms with E-state index < -0.39 is 0 Å². The molecule has 2 aliphatic heterocycles. The van der Waals surface area contributed by atoms with E-state index in [9.17, 15) is 4.79 Å². The van der Waals surface area contributed by atoms with Crippen LogP contribution in [-0.2, 0) is 6.54 Å². The Hall–Kier alpha value is -2.33. The maximum Gasteiger partial charge on any atom is 0.250 e. The van der Waals surface area contributed by atoms with Crippen LogP contribution in [0.1, 0.15) is 23.6 Å². The minimum absolute atomic E-state index is 0.150. The summed E-state index contributed by atoms with van der Waals surface area (Å²) in [4.78, 5) is 14.6. The number of fused-ring (bicyclic) bond motifs is 4. The molecule has 0 radical (unpaired) electrons. The summed E-state index contributed by atoms with van der Waals surface area (Å²) in [5, 5.41) is 0. The lowest BCUT2D eigenvalue weighted by Gasteiger charge is -2.42. The monoisotopic (exact) mass is 336 g/mol. The molecule has 0 amide bonds. The molecule has 3 heterocycles. The maximum absolute atomic E-state index is 12.1. The highest BCUT2D eigenvalue weighted by atomic mass is 16.5. The third-order valence-corrected chi connectivity index (χ3v) is 5.36. The van der Waals surface area contributed by atoms with E-state index >= 15 is 0 Å². The molecule has 1 aromatic carbocycles. The largest absolute Gasteiger partial charge is 0.496 e. The van der Waals surface area contributed by atoms with E-state index in [0.29, 0.717) is 11.8 Å². The fourth-order valence-electron chi connectivity index (χ4n) is 4.28. The predicted molar refractivity (Wildman–Crippen MR) is 100 cm³/mol. The average Bonchev–Trinajstić information content (AvgIpc) is 2.63. The third kappa shape index (κ3) is 3.27. The zero-order valence-electron chi connectivity index (χ0n) is 14.6. The summed E-state index contributed by atoms with van der Waals surface area (Å²) in [7, 11) is 1.71. The standard InChI is InChI=1S/C21H24N2O2/c1-25-20-9-3-2-6-17(20)7-5-11-22-13-16-12-18(15-22)19-8-4-10-21(24)23(19)14-16/h2-10,16,18H,11-15H2,1H3. The molecule has 2 bridgehead atoms. The number of para-hydroxylation sites is 1. The lowest BCUT2D eigenvalue weighted by molar-refractivity contribution is 0.131. The quantitative estimate of drug-likeness (QED) is 0.861. The van der Waals surface area contributed by atoms with Gasteiger partial charge in [-0.15, -0.1) is 0 Å². The Morgan fingerprint density at radius 3 is 2.88 bits per heavy atom. The molecule has 2 aromatic rings. The van der Waals surface area contributed by atoms with Gasteiger partial charge < -0.3 is 9.30 Å². The second-order valence-corrected chi connectivity index (χ2v) is 7.06. The Balaban J connectivity index is 1.46. The molecule has 4 rings (SSSR count). The van der Waals surface area contributed by atoms with Crippen LogP contribution < -0.4 is 10.3 Å². The van der Waals surface area contributed by atoms with Crippen molar-refractivity contribution in [2.75, 3.05) is 26.7 Å². The van der Waals surface area contributed by atoms with Gasteiger partial charge in [-0.05, 0) is 24.5 Å². The van der Waals surface area contributed by atoms with Crippen molar-refractivity contribution in [3.05, 3.63) is 70.2 Å². The zero-order chi connectivity index (χ0) is 17.2. The van der Waals surface area contributed by atoms with Gasteiger partial charge in [0, 0.05) is 49.4 Å². The fourth-order valence-corrected chi connectivity index (χ4v) is 4.28. The van der Waals surface area contributed by atoms with Crippen molar-refractivity contribution in [1.29, 1.82) is 0 Å². The Morgan fingerprint density at radius 1 is 1.12 bits per heavy atom. The molecule has 4 heteroatoms. The van der Waals surface area contributed by atoms with Crippen molar-refractivity contribution in [2.24, 2.45) is 5.92 Å². The van der Waals surface area contributed by atoms with Gasteiger partial charge in [0.25, 0.3) is 5.56 Å². The number of likely N-dealkylation sites (tertiary alicyclic amines) is 1. The molecule has 0 saturated carbocycles. The third-order valence-electron chi connectivity index (χ3n) is 5.36. The summed E-state index contributed by atoms with van der Waals surface area (Å²) >= 11 is 0. The van der Waals surface area contributed by atoms with Crippen LogP contribution in [0.25, 0.3) is 6.08 Å². The summed E-state index contributed by atoms with van der Waals surface area (Å²) in [5.74, 6) is 1.95. The van der Waals surface area contributed by atoms with Gasteiger partial charge in [-0.25, -0.2) is 0 Å². The van der Waals surface area contributed by atoms with E-state index in [0.717, 1.165) is 37.5 Å². The van der Waals surface area contributed by atoms with Gasteiger partial charge in [-0.1, -0.05) is 36.4 Å². The van der Waals surface area contributed by atoms with Crippen LogP contribution in [0.3, 0.4) is 0 Å². The first-order chi connectivity index (χ1) is 12.2. The first-order valence-electron chi connectivity index (χ1n) is 8.96. The number of hydrogen-bond acceptors (Lipinski definition) is 3. The predicted octanol–water partition coefficient (Wildman–Crippen LogP) is 2.99. The van der Waals surface area contributed by atoms with E-state index in [1.807, 2.05) is 28.8 Å². The van der Waals surface area contributed by atoms with Gasteiger partial charge in [-0.3, -0.25) is 9.69 Å². The maximum atomic E-state index is 12.1. The topological polar surface area (TPSA) is 34.5 Å². The highest BCUT2D eigenvalue weighted by Gasteiger charge is 2.33. The summed E-state index contributed by atoms with van der Waals surface area (Å²) in [6.45, 7) is 3.88. The minimum atomic E-state index is 0.150. The first-order valence-corrected chi connectivity index (χ1v) is 8.96. The number of nitrogens with zero attached hydrogens (tertiary/aromatic N) is 2. The molecule has 2 unspecified atom stereocenters. The van der Waals surface area contributed by atoms with Gasteiger partial charge in [0.15, 0.2) is 0 Å². The second-order valence-electron chi connectivity index (χ2n) is 7.06. The Morgan fingerprint density at radius 2 is 2.00 bits per heavy atom. The normalized spacial score (nSPS) is 22.8. The van der Waals surface area contributed by atoms with E-state index in [1.165, 1.54) is 12.1 Å². The second kappa shape index (κ2) is 6.89. The average molecular weight is 336 g/mol. The smallest absolute Gasteiger partial charge is 0.250 e. The van der Waals surface area contributed by atoms with Crippen LogP contribution in [0.4, 0.5) is 0 Å². The van der Waals surface area contributed by atoms with Crippen molar-refractivity contribution in [3.8, 4) is 5.75 Å². The molecule has 25 heavy (non-hydrogen) atoms. The molecular weight excluding hydrogens is 312 g/mol. The molecule has 1 aromatic heterocycles. The summed E-state index contributed by atoms with van der Waals surface area (Å²) < 4.78 is 7.39. The van der Waals surface area contributed by atoms with Gasteiger partial charge in [0.1, 0.15) is 5.75 Å². The number of rotatable bonds is 4. The molecule has 0 spiro atoms. The van der Waals surface area contributed by atoms with E-state index in [2.05, 4.69) is 29.2 Å². The van der Waals surface area contributed by atoms with Crippen molar-refractivity contribution in [1.82, 2.24) is 9.47 Å². The number of pyridine rings is 1. The van der Waals surface area contributed by atoms with Crippen molar-refractivity contribution < 1.29 is 4.74 Å². The van der Waals surface area contributed by atoms with Crippen LogP contribution in [0.2, 0.25) is 0 Å². The lowest BCUT2D eigenvalue weighted by Crippen LogP contribution is -2.46. The summed E-state index contributed by atoms with van der Waals surface area (Å²) in [6, 6.07) is 13.8. The van der Waals surface area contributed by atoms with Crippen molar-refractivity contribution in [2.45, 2.75) is 18.9 Å².